The van der Waals surface area contributed by atoms with Gasteiger partial charge in [-0.3, -0.25) is 0 Å². The van der Waals surface area contributed by atoms with E-state index in [1.54, 1.807) is 0 Å². The Hall–Kier alpha value is -0.770. The summed E-state index contributed by atoms with van der Waals surface area (Å²) in [6.07, 6.45) is 1.91. The van der Waals surface area contributed by atoms with Gasteiger partial charge in [0, 0.05) is 18.6 Å². The second kappa shape index (κ2) is 5.71. The number of ether oxygens (including phenoxy) is 1. The lowest BCUT2D eigenvalue weighted by atomic mass is 9.89. The molecule has 1 aliphatic heterocycles. The Morgan fingerprint density at radius 2 is 1.82 bits per heavy atom. The number of carbonyl (C=O) groups is 1. The molecular formula is C13H26N2O2. The topological polar surface area (TPSA) is 50.4 Å². The van der Waals surface area contributed by atoms with Crippen LogP contribution < -0.4 is 10.6 Å². The number of alkyl carbamates (subject to hydrolysis) is 1. The fourth-order valence-corrected chi connectivity index (χ4v) is 2.43. The molecule has 2 atom stereocenters. The molecule has 4 heteroatoms. The summed E-state index contributed by atoms with van der Waals surface area (Å²) in [6, 6.07) is 1.06. The maximum Gasteiger partial charge on any atom is 0.407 e. The molecule has 1 saturated heterocycles. The first-order valence-corrected chi connectivity index (χ1v) is 6.49. The molecule has 0 aliphatic carbocycles. The van der Waals surface area contributed by atoms with Crippen LogP contribution in [0.5, 0.6) is 0 Å². The highest BCUT2D eigenvalue weighted by molar-refractivity contribution is 5.67. The van der Waals surface area contributed by atoms with Crippen LogP contribution in [-0.2, 0) is 4.74 Å². The van der Waals surface area contributed by atoms with Crippen molar-refractivity contribution in [3.8, 4) is 0 Å². The van der Waals surface area contributed by atoms with Crippen molar-refractivity contribution in [1.82, 2.24) is 10.6 Å². The zero-order valence-electron chi connectivity index (χ0n) is 11.7. The molecule has 1 heterocycles. The van der Waals surface area contributed by atoms with Gasteiger partial charge in [-0.2, -0.15) is 0 Å². The fraction of sp³-hybridized carbons (Fsp3) is 0.923. The van der Waals surface area contributed by atoms with Crippen molar-refractivity contribution in [2.75, 3.05) is 6.54 Å². The van der Waals surface area contributed by atoms with Gasteiger partial charge in [0.25, 0.3) is 0 Å². The molecule has 1 rings (SSSR count). The van der Waals surface area contributed by atoms with Crippen LogP contribution in [0.25, 0.3) is 0 Å². The van der Waals surface area contributed by atoms with E-state index in [1.807, 2.05) is 20.8 Å². The van der Waals surface area contributed by atoms with E-state index in [2.05, 4.69) is 24.5 Å². The van der Waals surface area contributed by atoms with Crippen molar-refractivity contribution >= 4 is 6.09 Å². The van der Waals surface area contributed by atoms with Gasteiger partial charge in [-0.05, 0) is 53.4 Å². The predicted octanol–water partition coefficient (Wildman–Crippen LogP) is 2.29. The third-order valence-electron chi connectivity index (χ3n) is 2.88. The summed E-state index contributed by atoms with van der Waals surface area (Å²) >= 11 is 0. The van der Waals surface area contributed by atoms with Crippen LogP contribution in [0.3, 0.4) is 0 Å². The standard InChI is InChI=1S/C13H26N2O2/c1-9-6-11(7-10(2)15-9)8-14-12(16)17-13(3,4)5/h9-11,15H,6-8H2,1-5H3,(H,14,16)/t9-,10-/m1/s1. The molecule has 1 amide bonds. The molecule has 0 aromatic heterocycles. The lowest BCUT2D eigenvalue weighted by Crippen LogP contribution is -2.45. The van der Waals surface area contributed by atoms with Crippen LogP contribution >= 0.6 is 0 Å². The molecule has 0 bridgehead atoms. The Kier molecular flexibility index (Phi) is 4.80. The van der Waals surface area contributed by atoms with E-state index in [0.29, 0.717) is 24.5 Å². The largest absolute Gasteiger partial charge is 0.444 e. The number of hydrogen-bond donors (Lipinski definition) is 2. The highest BCUT2D eigenvalue weighted by Crippen LogP contribution is 2.19. The molecule has 1 aliphatic rings. The summed E-state index contributed by atoms with van der Waals surface area (Å²) in [5.41, 5.74) is -0.418. The van der Waals surface area contributed by atoms with Crippen molar-refractivity contribution in [3.05, 3.63) is 0 Å². The molecule has 0 aromatic rings. The Morgan fingerprint density at radius 1 is 1.29 bits per heavy atom. The van der Waals surface area contributed by atoms with Gasteiger partial charge in [0.15, 0.2) is 0 Å². The lowest BCUT2D eigenvalue weighted by molar-refractivity contribution is 0.0512. The van der Waals surface area contributed by atoms with Gasteiger partial charge in [-0.25, -0.2) is 4.79 Å². The second-order valence-corrected chi connectivity index (χ2v) is 6.19. The first kappa shape index (κ1) is 14.3. The van der Waals surface area contributed by atoms with E-state index < -0.39 is 5.60 Å². The molecule has 0 spiro atoms. The van der Waals surface area contributed by atoms with Crippen molar-refractivity contribution in [3.63, 3.8) is 0 Å². The molecule has 100 valence electrons. The van der Waals surface area contributed by atoms with Gasteiger partial charge in [-0.1, -0.05) is 0 Å². The molecule has 0 radical (unpaired) electrons. The molecule has 1 fully saturated rings. The fourth-order valence-electron chi connectivity index (χ4n) is 2.43. The normalized spacial score (nSPS) is 29.8. The average Bonchev–Trinajstić information content (AvgIpc) is 2.10. The monoisotopic (exact) mass is 242 g/mol. The van der Waals surface area contributed by atoms with E-state index in [9.17, 15) is 4.79 Å². The van der Waals surface area contributed by atoms with Crippen molar-refractivity contribution < 1.29 is 9.53 Å². The third kappa shape index (κ3) is 5.91. The zero-order chi connectivity index (χ0) is 13.1. The number of hydrogen-bond acceptors (Lipinski definition) is 3. The number of piperidine rings is 1. The van der Waals surface area contributed by atoms with Gasteiger partial charge in [0.05, 0.1) is 0 Å². The number of carbonyl (C=O) groups excluding carboxylic acids is 1. The minimum Gasteiger partial charge on any atom is -0.444 e. The van der Waals surface area contributed by atoms with E-state index in [4.69, 9.17) is 4.74 Å². The Morgan fingerprint density at radius 3 is 2.29 bits per heavy atom. The number of amides is 1. The molecule has 17 heavy (non-hydrogen) atoms. The average molecular weight is 242 g/mol. The summed E-state index contributed by atoms with van der Waals surface area (Å²) < 4.78 is 5.22. The Labute approximate surface area is 104 Å². The Bertz CT molecular complexity index is 251. The summed E-state index contributed by atoms with van der Waals surface area (Å²) in [5, 5.41) is 6.35. The van der Waals surface area contributed by atoms with Crippen LogP contribution in [0.1, 0.15) is 47.5 Å². The summed E-state index contributed by atoms with van der Waals surface area (Å²) in [7, 11) is 0. The van der Waals surface area contributed by atoms with Crippen LogP contribution in [0.15, 0.2) is 0 Å². The van der Waals surface area contributed by atoms with Crippen molar-refractivity contribution in [2.45, 2.75) is 65.1 Å². The van der Waals surface area contributed by atoms with Crippen LogP contribution in [0, 0.1) is 5.92 Å². The number of rotatable bonds is 2. The quantitative estimate of drug-likeness (QED) is 0.781. The first-order chi connectivity index (χ1) is 7.76. The van der Waals surface area contributed by atoms with E-state index in [1.165, 1.54) is 0 Å². The van der Waals surface area contributed by atoms with Crippen molar-refractivity contribution in [2.24, 2.45) is 5.92 Å². The molecule has 0 aromatic carbocycles. The number of nitrogens with one attached hydrogen (secondary N) is 2. The highest BCUT2D eigenvalue weighted by Gasteiger charge is 2.24. The lowest BCUT2D eigenvalue weighted by Gasteiger charge is -2.33. The zero-order valence-corrected chi connectivity index (χ0v) is 11.7. The molecule has 0 saturated carbocycles. The van der Waals surface area contributed by atoms with Gasteiger partial charge in [0.2, 0.25) is 0 Å². The Balaban J connectivity index is 2.28. The van der Waals surface area contributed by atoms with Crippen LogP contribution in [-0.4, -0.2) is 30.3 Å². The predicted molar refractivity (Wildman–Crippen MR) is 69.0 cm³/mol. The maximum atomic E-state index is 11.5. The van der Waals surface area contributed by atoms with E-state index >= 15 is 0 Å². The van der Waals surface area contributed by atoms with Crippen LogP contribution in [0.4, 0.5) is 4.79 Å². The summed E-state index contributed by atoms with van der Waals surface area (Å²) in [6.45, 7) is 10.7. The minimum absolute atomic E-state index is 0.309. The molecule has 4 nitrogen and oxygen atoms in total. The maximum absolute atomic E-state index is 11.5. The third-order valence-corrected chi connectivity index (χ3v) is 2.88. The highest BCUT2D eigenvalue weighted by atomic mass is 16.6. The van der Waals surface area contributed by atoms with Gasteiger partial charge in [0.1, 0.15) is 5.60 Å². The van der Waals surface area contributed by atoms with Crippen molar-refractivity contribution in [1.29, 1.82) is 0 Å². The van der Waals surface area contributed by atoms with Gasteiger partial charge < -0.3 is 15.4 Å². The van der Waals surface area contributed by atoms with Crippen LogP contribution in [0.2, 0.25) is 0 Å². The SMILES string of the molecule is C[C@@H]1CC(CNC(=O)OC(C)(C)C)C[C@@H](C)N1. The van der Waals surface area contributed by atoms with Gasteiger partial charge in [-0.15, -0.1) is 0 Å². The molecule has 0 unspecified atom stereocenters. The molecular weight excluding hydrogens is 216 g/mol. The van der Waals surface area contributed by atoms with E-state index in [0.717, 1.165) is 12.8 Å². The second-order valence-electron chi connectivity index (χ2n) is 6.19. The molecule has 2 N–H and O–H groups in total. The van der Waals surface area contributed by atoms with E-state index in [-0.39, 0.29) is 6.09 Å². The smallest absolute Gasteiger partial charge is 0.407 e. The first-order valence-electron chi connectivity index (χ1n) is 6.49. The minimum atomic E-state index is -0.418. The van der Waals surface area contributed by atoms with Gasteiger partial charge >= 0.3 is 6.09 Å². The summed E-state index contributed by atoms with van der Waals surface area (Å²) in [5.74, 6) is 0.550. The summed E-state index contributed by atoms with van der Waals surface area (Å²) in [4.78, 5) is 11.5.